The lowest BCUT2D eigenvalue weighted by atomic mass is 9.99. The summed E-state index contributed by atoms with van der Waals surface area (Å²) in [4.78, 5) is 12.8. The average Bonchev–Trinajstić information content (AvgIpc) is 2.17. The number of nitrogens with two attached hydrogens (primary N) is 1. The monoisotopic (exact) mass is 208 g/mol. The molecule has 1 unspecified atom stereocenters. The van der Waals surface area contributed by atoms with E-state index < -0.39 is 0 Å². The number of hydrogen-bond acceptors (Lipinski definition) is 3. The van der Waals surface area contributed by atoms with Crippen LogP contribution in [0.15, 0.2) is 0 Å². The van der Waals surface area contributed by atoms with Gasteiger partial charge in [-0.1, -0.05) is 0 Å². The number of likely N-dealkylation sites (tertiary alicyclic amines) is 1. The fourth-order valence-corrected chi connectivity index (χ4v) is 1.55. The topological polar surface area (TPSA) is 55.6 Å². The van der Waals surface area contributed by atoms with E-state index in [4.69, 9.17) is 5.73 Å². The molecule has 0 aromatic rings. The van der Waals surface area contributed by atoms with Crippen LogP contribution in [0.3, 0.4) is 0 Å². The molecule has 1 atom stereocenters. The molecule has 1 fully saturated rings. The molecule has 78 valence electrons. The third kappa shape index (κ3) is 3.40. The molecule has 1 rings (SSSR count). The minimum atomic E-state index is -0.229. The van der Waals surface area contributed by atoms with Crippen LogP contribution >= 0.6 is 12.4 Å². The maximum atomic E-state index is 11.1. The molecule has 5 heteroatoms. The summed E-state index contributed by atoms with van der Waals surface area (Å²) in [7, 11) is 1.41. The van der Waals surface area contributed by atoms with Crippen molar-refractivity contribution in [1.82, 2.24) is 4.90 Å². The number of amides is 1. The number of rotatable bonds is 1. The van der Waals surface area contributed by atoms with Crippen molar-refractivity contribution in [3.8, 4) is 0 Å². The van der Waals surface area contributed by atoms with Gasteiger partial charge in [0, 0.05) is 13.1 Å². The molecule has 0 spiro atoms. The fourth-order valence-electron chi connectivity index (χ4n) is 1.55. The smallest absolute Gasteiger partial charge is 0.409 e. The molecule has 1 aliphatic rings. The maximum absolute atomic E-state index is 11.1. The molecule has 1 heterocycles. The highest BCUT2D eigenvalue weighted by atomic mass is 35.5. The van der Waals surface area contributed by atoms with Crippen LogP contribution < -0.4 is 5.73 Å². The van der Waals surface area contributed by atoms with E-state index in [1.54, 1.807) is 4.90 Å². The van der Waals surface area contributed by atoms with Gasteiger partial charge in [0.05, 0.1) is 7.11 Å². The molecular weight excluding hydrogens is 192 g/mol. The highest BCUT2D eigenvalue weighted by Crippen LogP contribution is 2.15. The van der Waals surface area contributed by atoms with Crippen molar-refractivity contribution in [3.05, 3.63) is 0 Å². The maximum Gasteiger partial charge on any atom is 0.409 e. The van der Waals surface area contributed by atoms with Gasteiger partial charge >= 0.3 is 6.09 Å². The van der Waals surface area contributed by atoms with Crippen LogP contribution in [0.4, 0.5) is 4.79 Å². The first kappa shape index (κ1) is 12.5. The van der Waals surface area contributed by atoms with Crippen LogP contribution in [0.5, 0.6) is 0 Å². The average molecular weight is 209 g/mol. The second kappa shape index (κ2) is 6.05. The van der Waals surface area contributed by atoms with Crippen LogP contribution in [0, 0.1) is 5.92 Å². The number of carbonyl (C=O) groups excluding carboxylic acids is 1. The van der Waals surface area contributed by atoms with Crippen molar-refractivity contribution in [2.24, 2.45) is 11.7 Å². The standard InChI is InChI=1S/C8H16N2O2.ClH/c1-12-8(11)10-4-2-3-7(5-9)6-10;/h7H,2-6,9H2,1H3;1H. The van der Waals surface area contributed by atoms with Crippen LogP contribution in [-0.2, 0) is 4.74 Å². The Kier molecular flexibility index (Phi) is 5.82. The summed E-state index contributed by atoms with van der Waals surface area (Å²) in [5, 5.41) is 0. The number of hydrogen-bond donors (Lipinski definition) is 1. The predicted molar refractivity (Wildman–Crippen MR) is 53.0 cm³/mol. The number of ether oxygens (including phenoxy) is 1. The van der Waals surface area contributed by atoms with Gasteiger partial charge in [-0.15, -0.1) is 12.4 Å². The zero-order valence-electron chi connectivity index (χ0n) is 7.86. The van der Waals surface area contributed by atoms with Gasteiger partial charge in [-0.2, -0.15) is 0 Å². The Morgan fingerprint density at radius 1 is 1.69 bits per heavy atom. The Bertz CT molecular complexity index is 166. The van der Waals surface area contributed by atoms with Crippen molar-refractivity contribution in [2.45, 2.75) is 12.8 Å². The molecule has 1 aliphatic heterocycles. The number of nitrogens with zero attached hydrogens (tertiary/aromatic N) is 1. The summed E-state index contributed by atoms with van der Waals surface area (Å²) in [6.07, 6.45) is 1.94. The van der Waals surface area contributed by atoms with E-state index in [0.29, 0.717) is 12.5 Å². The largest absolute Gasteiger partial charge is 0.453 e. The Morgan fingerprint density at radius 3 is 2.92 bits per heavy atom. The van der Waals surface area contributed by atoms with Crippen LogP contribution in [-0.4, -0.2) is 37.7 Å². The molecule has 0 aromatic carbocycles. The van der Waals surface area contributed by atoms with Gasteiger partial charge in [-0.3, -0.25) is 0 Å². The van der Waals surface area contributed by atoms with Gasteiger partial charge in [-0.05, 0) is 25.3 Å². The summed E-state index contributed by atoms with van der Waals surface area (Å²) in [6.45, 7) is 2.22. The van der Waals surface area contributed by atoms with Crippen molar-refractivity contribution < 1.29 is 9.53 Å². The molecule has 1 saturated heterocycles. The molecular formula is C8H17ClN2O2. The normalized spacial score (nSPS) is 22.0. The first-order chi connectivity index (χ1) is 5.77. The molecule has 0 saturated carbocycles. The van der Waals surface area contributed by atoms with Crippen molar-refractivity contribution in [2.75, 3.05) is 26.7 Å². The lowest BCUT2D eigenvalue weighted by Gasteiger charge is -2.30. The lowest BCUT2D eigenvalue weighted by molar-refractivity contribution is 0.103. The highest BCUT2D eigenvalue weighted by Gasteiger charge is 2.22. The Labute approximate surface area is 84.8 Å². The summed E-state index contributed by atoms with van der Waals surface area (Å²) < 4.78 is 4.63. The summed E-state index contributed by atoms with van der Waals surface area (Å²) >= 11 is 0. The lowest BCUT2D eigenvalue weighted by Crippen LogP contribution is -2.41. The van der Waals surface area contributed by atoms with Gasteiger partial charge in [0.1, 0.15) is 0 Å². The molecule has 13 heavy (non-hydrogen) atoms. The summed E-state index contributed by atoms with van der Waals surface area (Å²) in [6, 6.07) is 0. The first-order valence-electron chi connectivity index (χ1n) is 4.31. The number of methoxy groups -OCH3 is 1. The molecule has 0 aliphatic carbocycles. The minimum Gasteiger partial charge on any atom is -0.453 e. The second-order valence-electron chi connectivity index (χ2n) is 3.16. The van der Waals surface area contributed by atoms with Gasteiger partial charge < -0.3 is 15.4 Å². The Balaban J connectivity index is 0.00000144. The van der Waals surface area contributed by atoms with Crippen molar-refractivity contribution in [1.29, 1.82) is 0 Å². The molecule has 0 bridgehead atoms. The zero-order valence-corrected chi connectivity index (χ0v) is 8.68. The van der Waals surface area contributed by atoms with Crippen LogP contribution in [0.1, 0.15) is 12.8 Å². The van der Waals surface area contributed by atoms with Crippen molar-refractivity contribution >= 4 is 18.5 Å². The Morgan fingerprint density at radius 2 is 2.38 bits per heavy atom. The summed E-state index contributed by atoms with van der Waals surface area (Å²) in [5.74, 6) is 0.456. The predicted octanol–water partition coefficient (Wildman–Crippen LogP) is 0.845. The molecule has 0 radical (unpaired) electrons. The number of halogens is 1. The molecule has 1 amide bonds. The van der Waals surface area contributed by atoms with Crippen LogP contribution in [0.25, 0.3) is 0 Å². The zero-order chi connectivity index (χ0) is 8.97. The van der Waals surface area contributed by atoms with E-state index in [1.807, 2.05) is 0 Å². The first-order valence-corrected chi connectivity index (χ1v) is 4.31. The summed E-state index contributed by atoms with van der Waals surface area (Å²) in [5.41, 5.74) is 5.53. The van der Waals surface area contributed by atoms with Crippen molar-refractivity contribution in [3.63, 3.8) is 0 Å². The third-order valence-electron chi connectivity index (χ3n) is 2.29. The highest BCUT2D eigenvalue weighted by molar-refractivity contribution is 5.85. The molecule has 2 N–H and O–H groups in total. The molecule has 4 nitrogen and oxygen atoms in total. The fraction of sp³-hybridized carbons (Fsp3) is 0.875. The van der Waals surface area contributed by atoms with E-state index in [9.17, 15) is 4.79 Å². The van der Waals surface area contributed by atoms with Gasteiger partial charge in [0.15, 0.2) is 0 Å². The van der Waals surface area contributed by atoms with E-state index >= 15 is 0 Å². The van der Waals surface area contributed by atoms with E-state index in [1.165, 1.54) is 7.11 Å². The van der Waals surface area contributed by atoms with Gasteiger partial charge in [0.2, 0.25) is 0 Å². The quantitative estimate of drug-likeness (QED) is 0.695. The molecule has 0 aromatic heterocycles. The Hall–Kier alpha value is -0.480. The van der Waals surface area contributed by atoms with Gasteiger partial charge in [0.25, 0.3) is 0 Å². The SMILES string of the molecule is COC(=O)N1CCCC(CN)C1.Cl. The van der Waals surface area contributed by atoms with Gasteiger partial charge in [-0.25, -0.2) is 4.79 Å². The number of carbonyl (C=O) groups is 1. The van der Waals surface area contributed by atoms with E-state index in [2.05, 4.69) is 4.74 Å². The number of piperidine rings is 1. The third-order valence-corrected chi connectivity index (χ3v) is 2.29. The van der Waals surface area contributed by atoms with E-state index in [0.717, 1.165) is 25.9 Å². The minimum absolute atomic E-state index is 0. The van der Waals surface area contributed by atoms with E-state index in [-0.39, 0.29) is 18.5 Å². The second-order valence-corrected chi connectivity index (χ2v) is 3.16. The van der Waals surface area contributed by atoms with Crippen LogP contribution in [0.2, 0.25) is 0 Å².